The third-order valence-electron chi connectivity index (χ3n) is 2.26. The number of unbranched alkanes of at least 4 members (excludes halogenated alkanes) is 2. The number of rotatable bonds is 6. The van der Waals surface area contributed by atoms with Gasteiger partial charge in [0.1, 0.15) is 4.88 Å². The third-order valence-corrected chi connectivity index (χ3v) is 3.19. The van der Waals surface area contributed by atoms with Gasteiger partial charge in [-0.15, -0.1) is 11.3 Å². The Balaban J connectivity index is 2.56. The lowest BCUT2D eigenvalue weighted by Crippen LogP contribution is -2.05. The number of esters is 1. The zero-order chi connectivity index (χ0) is 11.1. The first-order valence-electron chi connectivity index (χ1n) is 5.53. The maximum Gasteiger partial charge on any atom is 0.348 e. The van der Waals surface area contributed by atoms with Crippen LogP contribution in [0, 0.1) is 0 Å². The Kier molecular flexibility index (Phi) is 5.40. The molecule has 0 spiro atoms. The largest absolute Gasteiger partial charge is 0.462 e. The lowest BCUT2D eigenvalue weighted by atomic mass is 10.1. The van der Waals surface area contributed by atoms with Crippen molar-refractivity contribution in [3.8, 4) is 0 Å². The minimum absolute atomic E-state index is 0.168. The first kappa shape index (κ1) is 12.2. The van der Waals surface area contributed by atoms with Gasteiger partial charge in [0.2, 0.25) is 0 Å². The van der Waals surface area contributed by atoms with Gasteiger partial charge in [-0.25, -0.2) is 4.79 Å². The van der Waals surface area contributed by atoms with Gasteiger partial charge in [-0.2, -0.15) is 0 Å². The zero-order valence-corrected chi connectivity index (χ0v) is 10.2. The summed E-state index contributed by atoms with van der Waals surface area (Å²) in [6.07, 6.45) is 4.57. The van der Waals surface area contributed by atoms with Crippen molar-refractivity contribution in [2.45, 2.75) is 39.5 Å². The summed E-state index contributed by atoms with van der Waals surface area (Å²) in [5, 5.41) is 1.97. The van der Waals surface area contributed by atoms with Crippen molar-refractivity contribution >= 4 is 17.3 Å². The molecule has 2 nitrogen and oxygen atoms in total. The molecule has 0 amide bonds. The van der Waals surface area contributed by atoms with Crippen LogP contribution in [0.3, 0.4) is 0 Å². The van der Waals surface area contributed by atoms with Crippen LogP contribution in [0.5, 0.6) is 0 Å². The second-order valence-corrected chi connectivity index (χ2v) is 4.37. The molecular formula is C12H18O2S. The molecule has 0 N–H and O–H groups in total. The predicted octanol–water partition coefficient (Wildman–Crippen LogP) is 3.66. The van der Waals surface area contributed by atoms with E-state index in [1.165, 1.54) is 24.2 Å². The number of thiophene rings is 1. The molecule has 0 bridgehead atoms. The van der Waals surface area contributed by atoms with Crippen molar-refractivity contribution in [2.24, 2.45) is 0 Å². The molecule has 15 heavy (non-hydrogen) atoms. The van der Waals surface area contributed by atoms with E-state index in [0.717, 1.165) is 23.3 Å². The van der Waals surface area contributed by atoms with Gasteiger partial charge in [0.25, 0.3) is 0 Å². The van der Waals surface area contributed by atoms with Crippen LogP contribution >= 0.6 is 11.3 Å². The Labute approximate surface area is 95.3 Å². The Hall–Kier alpha value is -0.830. The van der Waals surface area contributed by atoms with Crippen molar-refractivity contribution in [2.75, 3.05) is 6.61 Å². The predicted molar refractivity (Wildman–Crippen MR) is 63.5 cm³/mol. The molecule has 1 aromatic heterocycles. The minimum Gasteiger partial charge on any atom is -0.462 e. The fourth-order valence-electron chi connectivity index (χ4n) is 1.47. The van der Waals surface area contributed by atoms with E-state index in [1.54, 1.807) is 0 Å². The van der Waals surface area contributed by atoms with Crippen molar-refractivity contribution in [1.29, 1.82) is 0 Å². The highest BCUT2D eigenvalue weighted by Gasteiger charge is 2.13. The van der Waals surface area contributed by atoms with E-state index in [2.05, 4.69) is 6.92 Å². The lowest BCUT2D eigenvalue weighted by Gasteiger charge is -2.03. The van der Waals surface area contributed by atoms with E-state index >= 15 is 0 Å². The van der Waals surface area contributed by atoms with Crippen LogP contribution < -0.4 is 0 Å². The molecule has 0 aliphatic rings. The molecular weight excluding hydrogens is 208 g/mol. The molecule has 0 aromatic carbocycles. The topological polar surface area (TPSA) is 26.3 Å². The maximum absolute atomic E-state index is 11.5. The molecule has 0 unspecified atom stereocenters. The second-order valence-electron chi connectivity index (χ2n) is 3.45. The highest BCUT2D eigenvalue weighted by molar-refractivity contribution is 7.12. The van der Waals surface area contributed by atoms with Gasteiger partial charge in [0.15, 0.2) is 0 Å². The van der Waals surface area contributed by atoms with Crippen molar-refractivity contribution in [3.05, 3.63) is 21.9 Å². The van der Waals surface area contributed by atoms with Crippen molar-refractivity contribution in [3.63, 3.8) is 0 Å². The normalized spacial score (nSPS) is 10.3. The molecule has 84 valence electrons. The molecule has 0 fully saturated rings. The summed E-state index contributed by atoms with van der Waals surface area (Å²) in [6.45, 7) is 4.47. The van der Waals surface area contributed by atoms with E-state index in [4.69, 9.17) is 4.74 Å². The highest BCUT2D eigenvalue weighted by Crippen LogP contribution is 2.20. The quantitative estimate of drug-likeness (QED) is 0.546. The summed E-state index contributed by atoms with van der Waals surface area (Å²) in [4.78, 5) is 12.3. The lowest BCUT2D eigenvalue weighted by molar-refractivity contribution is 0.0531. The van der Waals surface area contributed by atoms with Gasteiger partial charge < -0.3 is 4.74 Å². The van der Waals surface area contributed by atoms with Gasteiger partial charge in [-0.3, -0.25) is 0 Å². The summed E-state index contributed by atoms with van der Waals surface area (Å²) in [6, 6.07) is 2.03. The first-order chi connectivity index (χ1) is 7.29. The van der Waals surface area contributed by atoms with E-state index < -0.39 is 0 Å². The smallest absolute Gasteiger partial charge is 0.348 e. The monoisotopic (exact) mass is 226 g/mol. The van der Waals surface area contributed by atoms with Crippen molar-refractivity contribution < 1.29 is 9.53 Å². The molecule has 0 radical (unpaired) electrons. The fourth-order valence-corrected chi connectivity index (χ4v) is 2.32. The van der Waals surface area contributed by atoms with Crippen LogP contribution in [-0.2, 0) is 11.2 Å². The van der Waals surface area contributed by atoms with E-state index in [0.29, 0.717) is 6.61 Å². The van der Waals surface area contributed by atoms with Crippen LogP contribution in [0.25, 0.3) is 0 Å². The van der Waals surface area contributed by atoms with Crippen molar-refractivity contribution in [1.82, 2.24) is 0 Å². The summed E-state index contributed by atoms with van der Waals surface area (Å²) >= 11 is 1.48. The van der Waals surface area contributed by atoms with Gasteiger partial charge in [-0.05, 0) is 36.8 Å². The Morgan fingerprint density at radius 3 is 2.87 bits per heavy atom. The van der Waals surface area contributed by atoms with E-state index in [-0.39, 0.29) is 5.97 Å². The summed E-state index contributed by atoms with van der Waals surface area (Å²) in [5.74, 6) is -0.168. The molecule has 3 heteroatoms. The third kappa shape index (κ3) is 3.67. The highest BCUT2D eigenvalue weighted by atomic mass is 32.1. The van der Waals surface area contributed by atoms with Crippen LogP contribution in [0.15, 0.2) is 11.4 Å². The molecule has 1 aromatic rings. The molecule has 0 saturated carbocycles. The maximum atomic E-state index is 11.5. The van der Waals surface area contributed by atoms with Gasteiger partial charge >= 0.3 is 5.97 Å². The molecule has 0 aliphatic carbocycles. The fraction of sp³-hybridized carbons (Fsp3) is 0.583. The van der Waals surface area contributed by atoms with Crippen LogP contribution in [-0.4, -0.2) is 12.6 Å². The summed E-state index contributed by atoms with van der Waals surface area (Å²) in [7, 11) is 0. The SMILES string of the molecule is CCCCCc1ccsc1C(=O)OCC. The van der Waals surface area contributed by atoms with E-state index in [9.17, 15) is 4.79 Å². The summed E-state index contributed by atoms with van der Waals surface area (Å²) < 4.78 is 5.00. The number of aryl methyl sites for hydroxylation is 1. The van der Waals surface area contributed by atoms with Crippen LogP contribution in [0.4, 0.5) is 0 Å². The molecule has 0 aliphatic heterocycles. The second kappa shape index (κ2) is 6.62. The van der Waals surface area contributed by atoms with Gasteiger partial charge in [0.05, 0.1) is 6.61 Å². The summed E-state index contributed by atoms with van der Waals surface area (Å²) in [5.41, 5.74) is 1.15. The first-order valence-corrected chi connectivity index (χ1v) is 6.41. The van der Waals surface area contributed by atoms with Gasteiger partial charge in [0, 0.05) is 0 Å². The van der Waals surface area contributed by atoms with Gasteiger partial charge in [-0.1, -0.05) is 19.8 Å². The molecule has 1 heterocycles. The zero-order valence-electron chi connectivity index (χ0n) is 9.41. The molecule has 0 saturated heterocycles. The molecule has 1 rings (SSSR count). The number of hydrogen-bond donors (Lipinski definition) is 0. The number of carbonyl (C=O) groups is 1. The van der Waals surface area contributed by atoms with Crippen LogP contribution in [0.1, 0.15) is 48.3 Å². The number of carbonyl (C=O) groups excluding carboxylic acids is 1. The van der Waals surface area contributed by atoms with E-state index in [1.807, 2.05) is 18.4 Å². The Morgan fingerprint density at radius 2 is 2.20 bits per heavy atom. The average molecular weight is 226 g/mol. The standard InChI is InChI=1S/C12H18O2S/c1-3-5-6-7-10-8-9-15-11(10)12(13)14-4-2/h8-9H,3-7H2,1-2H3. The average Bonchev–Trinajstić information content (AvgIpc) is 2.67. The minimum atomic E-state index is -0.168. The molecule has 0 atom stereocenters. The Bertz CT molecular complexity index is 304. The Morgan fingerprint density at radius 1 is 1.40 bits per heavy atom. The van der Waals surface area contributed by atoms with Crippen LogP contribution in [0.2, 0.25) is 0 Å². The number of ether oxygens (including phenoxy) is 1. The number of hydrogen-bond acceptors (Lipinski definition) is 3.